The number of anilines is 1. The highest BCUT2D eigenvalue weighted by Crippen LogP contribution is 2.24. The van der Waals surface area contributed by atoms with E-state index in [2.05, 4.69) is 15.5 Å². The van der Waals surface area contributed by atoms with E-state index in [1.807, 2.05) is 66.9 Å². The van der Waals surface area contributed by atoms with Crippen LogP contribution in [0.25, 0.3) is 11.3 Å². The van der Waals surface area contributed by atoms with Crippen molar-refractivity contribution in [1.82, 2.24) is 4.98 Å². The molecule has 23 heavy (non-hydrogen) atoms. The Morgan fingerprint density at radius 3 is 2.87 bits per heavy atom. The van der Waals surface area contributed by atoms with Crippen LogP contribution >= 0.6 is 11.3 Å². The van der Waals surface area contributed by atoms with Crippen molar-refractivity contribution in [1.29, 1.82) is 0 Å². The maximum Gasteiger partial charge on any atom is 0.203 e. The maximum atomic E-state index is 5.47. The molecule has 0 aliphatic carbocycles. The van der Waals surface area contributed by atoms with Gasteiger partial charge in [-0.3, -0.25) is 5.43 Å². The highest BCUT2D eigenvalue weighted by atomic mass is 32.1. The van der Waals surface area contributed by atoms with Crippen LogP contribution in [-0.4, -0.2) is 17.8 Å². The summed E-state index contributed by atoms with van der Waals surface area (Å²) in [7, 11) is 0. The predicted molar refractivity (Wildman–Crippen MR) is 96.4 cm³/mol. The fourth-order valence-corrected chi connectivity index (χ4v) is 2.75. The lowest BCUT2D eigenvalue weighted by Gasteiger charge is -2.02. The standard InChI is InChI=1S/C18H17N3OS/c1-2-22-16-10-6-7-14(11-16)12-19-21-18-20-17(13-23-18)15-8-4-3-5-9-15/h3-13H,2H2,1H3,(H,20,21). The lowest BCUT2D eigenvalue weighted by atomic mass is 10.2. The van der Waals surface area contributed by atoms with Gasteiger partial charge in [-0.2, -0.15) is 5.10 Å². The van der Waals surface area contributed by atoms with Crippen LogP contribution in [0.15, 0.2) is 65.1 Å². The van der Waals surface area contributed by atoms with Crippen LogP contribution in [-0.2, 0) is 0 Å². The third-order valence-corrected chi connectivity index (χ3v) is 3.86. The lowest BCUT2D eigenvalue weighted by Crippen LogP contribution is -1.93. The molecule has 0 aliphatic heterocycles. The Morgan fingerprint density at radius 2 is 2.04 bits per heavy atom. The van der Waals surface area contributed by atoms with Crippen molar-refractivity contribution in [2.45, 2.75) is 6.92 Å². The number of rotatable bonds is 6. The molecule has 0 spiro atoms. The molecule has 0 amide bonds. The number of aromatic nitrogens is 1. The molecule has 0 fully saturated rings. The summed E-state index contributed by atoms with van der Waals surface area (Å²) in [5.41, 5.74) is 6.00. The lowest BCUT2D eigenvalue weighted by molar-refractivity contribution is 0.340. The van der Waals surface area contributed by atoms with Crippen LogP contribution in [0.1, 0.15) is 12.5 Å². The molecule has 4 nitrogen and oxygen atoms in total. The molecule has 0 unspecified atom stereocenters. The Bertz CT molecular complexity index is 784. The highest BCUT2D eigenvalue weighted by Gasteiger charge is 2.02. The average molecular weight is 323 g/mol. The molecule has 2 aromatic carbocycles. The molecule has 0 saturated carbocycles. The van der Waals surface area contributed by atoms with Crippen molar-refractivity contribution in [3.63, 3.8) is 0 Å². The Labute approximate surface area is 139 Å². The summed E-state index contributed by atoms with van der Waals surface area (Å²) in [5.74, 6) is 0.845. The first-order valence-corrected chi connectivity index (χ1v) is 8.26. The van der Waals surface area contributed by atoms with E-state index in [0.29, 0.717) is 6.61 Å². The zero-order valence-electron chi connectivity index (χ0n) is 12.8. The van der Waals surface area contributed by atoms with E-state index in [0.717, 1.165) is 27.7 Å². The summed E-state index contributed by atoms with van der Waals surface area (Å²) < 4.78 is 5.47. The van der Waals surface area contributed by atoms with Gasteiger partial charge >= 0.3 is 0 Å². The Hall–Kier alpha value is -2.66. The number of hydrogen-bond acceptors (Lipinski definition) is 5. The van der Waals surface area contributed by atoms with Gasteiger partial charge in [-0.05, 0) is 24.6 Å². The van der Waals surface area contributed by atoms with Gasteiger partial charge in [0.05, 0.1) is 18.5 Å². The Kier molecular flexibility index (Phi) is 5.01. The predicted octanol–water partition coefficient (Wildman–Crippen LogP) is 4.65. The van der Waals surface area contributed by atoms with E-state index in [-0.39, 0.29) is 0 Å². The van der Waals surface area contributed by atoms with Gasteiger partial charge in [0.1, 0.15) is 5.75 Å². The first-order valence-electron chi connectivity index (χ1n) is 7.38. The van der Waals surface area contributed by atoms with E-state index in [1.165, 1.54) is 11.3 Å². The summed E-state index contributed by atoms with van der Waals surface area (Å²) in [6.07, 6.45) is 1.76. The van der Waals surface area contributed by atoms with Crippen molar-refractivity contribution in [3.05, 3.63) is 65.5 Å². The average Bonchev–Trinajstić information content (AvgIpc) is 3.05. The van der Waals surface area contributed by atoms with E-state index in [1.54, 1.807) is 6.21 Å². The first kappa shape index (κ1) is 15.2. The van der Waals surface area contributed by atoms with Gasteiger partial charge < -0.3 is 4.74 Å². The molecule has 1 heterocycles. The number of hydrogen-bond donors (Lipinski definition) is 1. The number of nitrogens with zero attached hydrogens (tertiary/aromatic N) is 2. The van der Waals surface area contributed by atoms with Crippen molar-refractivity contribution < 1.29 is 4.74 Å². The zero-order valence-corrected chi connectivity index (χ0v) is 13.6. The Balaban J connectivity index is 1.64. The van der Waals surface area contributed by atoms with Gasteiger partial charge in [-0.15, -0.1) is 11.3 Å². The smallest absolute Gasteiger partial charge is 0.203 e. The fourth-order valence-electron chi connectivity index (χ4n) is 2.08. The van der Waals surface area contributed by atoms with Crippen LogP contribution < -0.4 is 10.2 Å². The minimum Gasteiger partial charge on any atom is -0.494 e. The summed E-state index contributed by atoms with van der Waals surface area (Å²) in [6, 6.07) is 17.9. The second kappa shape index (κ2) is 7.56. The summed E-state index contributed by atoms with van der Waals surface area (Å²) in [5, 5.41) is 7.02. The monoisotopic (exact) mass is 323 g/mol. The summed E-state index contributed by atoms with van der Waals surface area (Å²) in [6.45, 7) is 2.62. The van der Waals surface area contributed by atoms with Crippen molar-refractivity contribution in [2.24, 2.45) is 5.10 Å². The van der Waals surface area contributed by atoms with Crippen LogP contribution in [0, 0.1) is 0 Å². The summed E-state index contributed by atoms with van der Waals surface area (Å²) in [4.78, 5) is 4.53. The van der Waals surface area contributed by atoms with E-state index in [4.69, 9.17) is 4.74 Å². The van der Waals surface area contributed by atoms with Gasteiger partial charge in [0.15, 0.2) is 0 Å². The SMILES string of the molecule is CCOc1cccc(C=NNc2nc(-c3ccccc3)cs2)c1. The minimum absolute atomic E-state index is 0.653. The van der Waals surface area contributed by atoms with E-state index < -0.39 is 0 Å². The third-order valence-electron chi connectivity index (χ3n) is 3.12. The van der Waals surface area contributed by atoms with Crippen LogP contribution in [0.3, 0.4) is 0 Å². The van der Waals surface area contributed by atoms with Crippen LogP contribution in [0.2, 0.25) is 0 Å². The molecule has 0 bridgehead atoms. The molecular formula is C18H17N3OS. The largest absolute Gasteiger partial charge is 0.494 e. The second-order valence-electron chi connectivity index (χ2n) is 4.78. The molecule has 116 valence electrons. The molecule has 5 heteroatoms. The van der Waals surface area contributed by atoms with Crippen molar-refractivity contribution in [2.75, 3.05) is 12.0 Å². The maximum absolute atomic E-state index is 5.47. The molecule has 3 rings (SSSR count). The normalized spacial score (nSPS) is 10.8. The van der Waals surface area contributed by atoms with Gasteiger partial charge in [-0.25, -0.2) is 4.98 Å². The molecule has 0 saturated heterocycles. The minimum atomic E-state index is 0.653. The Morgan fingerprint density at radius 1 is 1.17 bits per heavy atom. The van der Waals surface area contributed by atoms with Gasteiger partial charge in [-0.1, -0.05) is 42.5 Å². The van der Waals surface area contributed by atoms with Gasteiger partial charge in [0.2, 0.25) is 5.13 Å². The van der Waals surface area contributed by atoms with Crippen molar-refractivity contribution in [3.8, 4) is 17.0 Å². The number of ether oxygens (including phenoxy) is 1. The quantitative estimate of drug-likeness (QED) is 0.530. The van der Waals surface area contributed by atoms with Crippen LogP contribution in [0.4, 0.5) is 5.13 Å². The fraction of sp³-hybridized carbons (Fsp3) is 0.111. The molecule has 0 aliphatic rings. The number of nitrogens with one attached hydrogen (secondary N) is 1. The second-order valence-corrected chi connectivity index (χ2v) is 5.64. The molecule has 0 atom stereocenters. The number of benzene rings is 2. The van der Waals surface area contributed by atoms with Crippen LogP contribution in [0.5, 0.6) is 5.75 Å². The van der Waals surface area contributed by atoms with E-state index in [9.17, 15) is 0 Å². The summed E-state index contributed by atoms with van der Waals surface area (Å²) >= 11 is 1.53. The van der Waals surface area contributed by atoms with E-state index >= 15 is 0 Å². The van der Waals surface area contributed by atoms with Gasteiger partial charge in [0.25, 0.3) is 0 Å². The van der Waals surface area contributed by atoms with Gasteiger partial charge in [0, 0.05) is 10.9 Å². The first-order chi connectivity index (χ1) is 11.3. The number of thiazole rings is 1. The highest BCUT2D eigenvalue weighted by molar-refractivity contribution is 7.14. The molecule has 1 N–H and O–H groups in total. The molecule has 0 radical (unpaired) electrons. The third kappa shape index (κ3) is 4.17. The zero-order chi connectivity index (χ0) is 15.9. The molecule has 1 aromatic heterocycles. The number of hydrazone groups is 1. The molecular weight excluding hydrogens is 306 g/mol. The van der Waals surface area contributed by atoms with Crippen molar-refractivity contribution >= 4 is 22.7 Å². The molecule has 3 aromatic rings. The topological polar surface area (TPSA) is 46.5 Å².